The Morgan fingerprint density at radius 1 is 0.438 bits per heavy atom. The number of furan rings is 1. The van der Waals surface area contributed by atoms with Crippen LogP contribution in [-0.4, -0.2) is 0 Å². The summed E-state index contributed by atoms with van der Waals surface area (Å²) in [6.45, 7) is 9.20. The van der Waals surface area contributed by atoms with Gasteiger partial charge in [-0.25, -0.2) is 4.39 Å². The van der Waals surface area contributed by atoms with E-state index in [0.29, 0.717) is 11.3 Å². The van der Waals surface area contributed by atoms with Crippen LogP contribution < -0.4 is 9.80 Å². The normalized spacial score (nSPS) is 13.6. The lowest BCUT2D eigenvalue weighted by Crippen LogP contribution is -2.23. The molecular weight excluding hydrogens is 786 g/mol. The van der Waals surface area contributed by atoms with Gasteiger partial charge in [-0.1, -0.05) is 125 Å². The van der Waals surface area contributed by atoms with Gasteiger partial charge in [0.05, 0.1) is 17.3 Å². The second-order valence-corrected chi connectivity index (χ2v) is 17.8. The van der Waals surface area contributed by atoms with Crippen LogP contribution in [0, 0.1) is 17.1 Å². The Kier molecular flexibility index (Phi) is 9.04. The summed E-state index contributed by atoms with van der Waals surface area (Å²) in [6.07, 6.45) is 0. The van der Waals surface area contributed by atoms with Gasteiger partial charge in [0, 0.05) is 67.1 Å². The average molecular weight is 830 g/mol. The predicted octanol–water partition coefficient (Wildman–Crippen LogP) is 16.2. The Morgan fingerprint density at radius 3 is 1.38 bits per heavy atom. The number of nitriles is 1. The zero-order chi connectivity index (χ0) is 43.7. The lowest BCUT2D eigenvalue weighted by molar-refractivity contribution is 0.592. The van der Waals surface area contributed by atoms with Crippen molar-refractivity contribution in [3.63, 3.8) is 0 Å². The molecule has 0 unspecified atom stereocenters. The highest BCUT2D eigenvalue weighted by Crippen LogP contribution is 2.62. The standard InChI is InChI=1S/C59H44FN3O/c1-58(2)50-35-45(62(42-21-13-7-14-22-42)43-23-15-8-16-24-43)29-31-47(50)56-53(58)54-57(64-56)48-32-30-46(36-51(48)59(54,3)4)63(44-27-25-38(37-61)26-28-44)55-49(40-19-11-6-12-20-40)33-41(34-52(55)60)39-17-9-5-10-18-39/h5-36H,1-4H3. The predicted molar refractivity (Wildman–Crippen MR) is 259 cm³/mol. The van der Waals surface area contributed by atoms with Crippen LogP contribution in [0.2, 0.25) is 0 Å². The fraction of sp³-hybridized carbons (Fsp3) is 0.102. The summed E-state index contributed by atoms with van der Waals surface area (Å²) in [6, 6.07) is 67.5. The summed E-state index contributed by atoms with van der Waals surface area (Å²) in [4.78, 5) is 4.31. The maximum Gasteiger partial charge on any atom is 0.148 e. The van der Waals surface area contributed by atoms with E-state index in [4.69, 9.17) is 4.42 Å². The average Bonchev–Trinajstić information content (AvgIpc) is 3.91. The quantitative estimate of drug-likeness (QED) is 0.153. The first-order valence-corrected chi connectivity index (χ1v) is 21.8. The first-order valence-electron chi connectivity index (χ1n) is 21.8. The number of para-hydroxylation sites is 2. The summed E-state index contributed by atoms with van der Waals surface area (Å²) >= 11 is 0. The number of hydrogen-bond donors (Lipinski definition) is 0. The summed E-state index contributed by atoms with van der Waals surface area (Å²) < 4.78 is 24.5. The molecule has 0 saturated carbocycles. The molecule has 1 aromatic heterocycles. The van der Waals surface area contributed by atoms with Gasteiger partial charge in [0.2, 0.25) is 0 Å². The van der Waals surface area contributed by atoms with Gasteiger partial charge < -0.3 is 14.2 Å². The number of anilines is 6. The summed E-state index contributed by atoms with van der Waals surface area (Å²) in [5.41, 5.74) is 15.2. The molecule has 2 aliphatic carbocycles. The summed E-state index contributed by atoms with van der Waals surface area (Å²) in [5.74, 6) is 1.46. The molecule has 4 nitrogen and oxygen atoms in total. The molecule has 0 atom stereocenters. The smallest absolute Gasteiger partial charge is 0.148 e. The number of benzene rings is 8. The number of halogens is 1. The van der Waals surface area contributed by atoms with E-state index in [0.717, 1.165) is 78.9 Å². The zero-order valence-corrected chi connectivity index (χ0v) is 36.1. The third-order valence-corrected chi connectivity index (χ3v) is 13.3. The van der Waals surface area contributed by atoms with Gasteiger partial charge in [-0.3, -0.25) is 0 Å². The molecule has 8 aromatic carbocycles. The van der Waals surface area contributed by atoms with Gasteiger partial charge >= 0.3 is 0 Å². The van der Waals surface area contributed by atoms with Crippen molar-refractivity contribution in [2.45, 2.75) is 38.5 Å². The van der Waals surface area contributed by atoms with E-state index in [1.54, 1.807) is 18.2 Å². The summed E-state index contributed by atoms with van der Waals surface area (Å²) in [5, 5.41) is 9.76. The van der Waals surface area contributed by atoms with Crippen LogP contribution >= 0.6 is 0 Å². The van der Waals surface area contributed by atoms with Crippen LogP contribution in [0.1, 0.15) is 55.5 Å². The highest BCUT2D eigenvalue weighted by molar-refractivity contribution is 5.94. The second kappa shape index (κ2) is 14.9. The maximum absolute atomic E-state index is 17.4. The Morgan fingerprint density at radius 2 is 0.875 bits per heavy atom. The van der Waals surface area contributed by atoms with Crippen molar-refractivity contribution in [3.05, 3.63) is 228 Å². The minimum Gasteiger partial charge on any atom is -0.455 e. The van der Waals surface area contributed by atoms with E-state index >= 15 is 4.39 Å². The Bertz CT molecular complexity index is 3240. The molecule has 11 rings (SSSR count). The van der Waals surface area contributed by atoms with Gasteiger partial charge in [-0.15, -0.1) is 0 Å². The lowest BCUT2D eigenvalue weighted by Gasteiger charge is -2.31. The fourth-order valence-corrected chi connectivity index (χ4v) is 10.2. The van der Waals surface area contributed by atoms with Gasteiger partial charge in [0.25, 0.3) is 0 Å². The molecule has 1 heterocycles. The number of fused-ring (bicyclic) bond motifs is 7. The number of rotatable bonds is 8. The molecule has 0 aliphatic heterocycles. The SMILES string of the molecule is CC1(C)c2cc(N(c3ccccc3)c3ccccc3)ccc2-c2oc3c(c21)C(C)(C)c1cc(N(c2ccc(C#N)cc2)c2c(F)cc(-c4ccccc4)cc2-c2ccccc2)ccc1-3. The van der Waals surface area contributed by atoms with Crippen LogP contribution in [0.3, 0.4) is 0 Å². The number of nitrogens with zero attached hydrogens (tertiary/aromatic N) is 3. The van der Waals surface area contributed by atoms with Crippen molar-refractivity contribution in [1.29, 1.82) is 5.26 Å². The Labute approximate surface area is 373 Å². The van der Waals surface area contributed by atoms with E-state index in [9.17, 15) is 5.26 Å². The lowest BCUT2D eigenvalue weighted by atomic mass is 9.74. The van der Waals surface area contributed by atoms with Crippen molar-refractivity contribution in [1.82, 2.24) is 0 Å². The molecule has 0 spiro atoms. The molecule has 64 heavy (non-hydrogen) atoms. The summed E-state index contributed by atoms with van der Waals surface area (Å²) in [7, 11) is 0. The Balaban J connectivity index is 1.05. The molecule has 2 aliphatic rings. The minimum absolute atomic E-state index is 0.356. The topological polar surface area (TPSA) is 43.4 Å². The molecule has 9 aromatic rings. The van der Waals surface area contributed by atoms with Crippen molar-refractivity contribution in [3.8, 4) is 51.0 Å². The molecule has 0 amide bonds. The van der Waals surface area contributed by atoms with Crippen LogP contribution in [0.5, 0.6) is 0 Å². The highest BCUT2D eigenvalue weighted by atomic mass is 19.1. The van der Waals surface area contributed by atoms with E-state index < -0.39 is 5.41 Å². The minimum atomic E-state index is -0.464. The van der Waals surface area contributed by atoms with Gasteiger partial charge in [-0.2, -0.15) is 5.26 Å². The van der Waals surface area contributed by atoms with Crippen molar-refractivity contribution in [2.75, 3.05) is 9.80 Å². The zero-order valence-electron chi connectivity index (χ0n) is 36.1. The molecule has 0 bridgehead atoms. The highest BCUT2D eigenvalue weighted by Gasteiger charge is 2.50. The van der Waals surface area contributed by atoms with Gasteiger partial charge in [0.15, 0.2) is 0 Å². The van der Waals surface area contributed by atoms with Crippen LogP contribution in [0.4, 0.5) is 38.5 Å². The van der Waals surface area contributed by atoms with Crippen molar-refractivity contribution in [2.24, 2.45) is 0 Å². The molecule has 5 heteroatoms. The molecule has 0 N–H and O–H groups in total. The molecule has 0 fully saturated rings. The first kappa shape index (κ1) is 38.9. The first-order chi connectivity index (χ1) is 31.1. The van der Waals surface area contributed by atoms with Gasteiger partial charge in [-0.05, 0) is 125 Å². The third kappa shape index (κ3) is 6.09. The van der Waals surface area contributed by atoms with Crippen LogP contribution in [-0.2, 0) is 10.8 Å². The maximum atomic E-state index is 17.4. The van der Waals surface area contributed by atoms with E-state index in [2.05, 4.69) is 130 Å². The van der Waals surface area contributed by atoms with Gasteiger partial charge in [0.1, 0.15) is 17.3 Å². The second-order valence-electron chi connectivity index (χ2n) is 17.8. The third-order valence-electron chi connectivity index (χ3n) is 13.3. The fourth-order valence-electron chi connectivity index (χ4n) is 10.2. The molecule has 0 saturated heterocycles. The number of hydrogen-bond acceptors (Lipinski definition) is 4. The molecular formula is C59H44FN3O. The Hall–Kier alpha value is -7.94. The van der Waals surface area contributed by atoms with Crippen molar-refractivity contribution < 1.29 is 8.81 Å². The van der Waals surface area contributed by atoms with Crippen LogP contribution in [0.25, 0.3) is 44.9 Å². The van der Waals surface area contributed by atoms with Crippen molar-refractivity contribution >= 4 is 34.1 Å². The van der Waals surface area contributed by atoms with E-state index in [1.807, 2.05) is 89.8 Å². The molecule has 0 radical (unpaired) electrons. The van der Waals surface area contributed by atoms with Crippen LogP contribution in [0.15, 0.2) is 199 Å². The largest absolute Gasteiger partial charge is 0.455 e. The molecule has 308 valence electrons. The van der Waals surface area contributed by atoms with E-state index in [-0.39, 0.29) is 11.2 Å². The van der Waals surface area contributed by atoms with E-state index in [1.165, 1.54) is 16.7 Å². The monoisotopic (exact) mass is 829 g/mol.